The lowest BCUT2D eigenvalue weighted by atomic mass is 9.94. The van der Waals surface area contributed by atoms with E-state index in [1.807, 2.05) is 6.07 Å². The van der Waals surface area contributed by atoms with E-state index >= 15 is 4.39 Å². The van der Waals surface area contributed by atoms with Gasteiger partial charge in [-0.3, -0.25) is 4.79 Å². The second kappa shape index (κ2) is 9.49. The molecule has 0 amide bonds. The molecule has 3 aromatic rings. The van der Waals surface area contributed by atoms with E-state index in [-0.39, 0.29) is 51.8 Å². The van der Waals surface area contributed by atoms with Crippen LogP contribution in [0.3, 0.4) is 0 Å². The number of ether oxygens (including phenoxy) is 2. The molecular weight excluding hydrogens is 412 g/mol. The number of nitriles is 1. The Labute approximate surface area is 177 Å². The van der Waals surface area contributed by atoms with Gasteiger partial charge in [-0.05, 0) is 24.3 Å². The largest absolute Gasteiger partial charge is 0.488 e. The van der Waals surface area contributed by atoms with Crippen LogP contribution >= 0.6 is 11.6 Å². The van der Waals surface area contributed by atoms with Crippen molar-refractivity contribution >= 4 is 17.4 Å². The second-order valence-corrected chi connectivity index (χ2v) is 6.67. The van der Waals surface area contributed by atoms with Gasteiger partial charge in [-0.1, -0.05) is 41.9 Å². The van der Waals surface area contributed by atoms with E-state index in [1.165, 1.54) is 19.2 Å². The van der Waals surface area contributed by atoms with Gasteiger partial charge in [0, 0.05) is 23.8 Å². The summed E-state index contributed by atoms with van der Waals surface area (Å²) < 4.78 is 40.0. The van der Waals surface area contributed by atoms with Crippen LogP contribution < -0.4 is 4.74 Å². The molecule has 0 saturated heterocycles. The molecule has 4 nitrogen and oxygen atoms in total. The molecule has 0 saturated carbocycles. The maximum Gasteiger partial charge on any atom is 0.195 e. The van der Waals surface area contributed by atoms with Crippen molar-refractivity contribution in [3.63, 3.8) is 0 Å². The van der Waals surface area contributed by atoms with Gasteiger partial charge >= 0.3 is 0 Å². The van der Waals surface area contributed by atoms with Crippen molar-refractivity contribution in [2.24, 2.45) is 0 Å². The fraction of sp³-hybridized carbons (Fsp3) is 0.130. The van der Waals surface area contributed by atoms with Crippen LogP contribution in [0.4, 0.5) is 8.78 Å². The Kier molecular flexibility index (Phi) is 6.78. The van der Waals surface area contributed by atoms with Crippen molar-refractivity contribution in [2.45, 2.75) is 0 Å². The molecular formula is C23H16ClF2NO3. The zero-order chi connectivity index (χ0) is 21.7. The van der Waals surface area contributed by atoms with Crippen molar-refractivity contribution in [2.75, 3.05) is 20.3 Å². The predicted octanol–water partition coefficient (Wildman–Crippen LogP) is 5.41. The molecule has 0 unspecified atom stereocenters. The van der Waals surface area contributed by atoms with E-state index in [0.717, 1.165) is 12.1 Å². The van der Waals surface area contributed by atoms with Gasteiger partial charge in [0.2, 0.25) is 0 Å². The van der Waals surface area contributed by atoms with Gasteiger partial charge in [0.15, 0.2) is 17.3 Å². The summed E-state index contributed by atoms with van der Waals surface area (Å²) in [6.07, 6.45) is 0. The first-order valence-electron chi connectivity index (χ1n) is 8.91. The van der Waals surface area contributed by atoms with E-state index in [9.17, 15) is 14.4 Å². The minimum absolute atomic E-state index is 0.0172. The average Bonchev–Trinajstić information content (AvgIpc) is 2.75. The van der Waals surface area contributed by atoms with E-state index in [0.29, 0.717) is 0 Å². The number of nitrogens with zero attached hydrogens (tertiary/aromatic N) is 1. The van der Waals surface area contributed by atoms with Gasteiger partial charge < -0.3 is 9.47 Å². The topological polar surface area (TPSA) is 59.3 Å². The quantitative estimate of drug-likeness (QED) is 0.373. The summed E-state index contributed by atoms with van der Waals surface area (Å²) >= 11 is 6.18. The highest BCUT2D eigenvalue weighted by Crippen LogP contribution is 2.38. The molecule has 0 heterocycles. The first-order chi connectivity index (χ1) is 14.5. The van der Waals surface area contributed by atoms with Crippen LogP contribution in [0.5, 0.6) is 5.75 Å². The van der Waals surface area contributed by atoms with E-state index in [1.54, 1.807) is 30.3 Å². The minimum atomic E-state index is -0.844. The average molecular weight is 428 g/mol. The summed E-state index contributed by atoms with van der Waals surface area (Å²) in [6, 6.07) is 14.8. The van der Waals surface area contributed by atoms with Crippen LogP contribution in [0, 0.1) is 23.0 Å². The Morgan fingerprint density at radius 3 is 2.50 bits per heavy atom. The monoisotopic (exact) mass is 427 g/mol. The van der Waals surface area contributed by atoms with Crippen molar-refractivity contribution in [1.82, 2.24) is 0 Å². The van der Waals surface area contributed by atoms with Gasteiger partial charge in [0.25, 0.3) is 0 Å². The highest BCUT2D eigenvalue weighted by molar-refractivity contribution is 6.33. The highest BCUT2D eigenvalue weighted by Gasteiger charge is 2.23. The summed E-state index contributed by atoms with van der Waals surface area (Å²) in [4.78, 5) is 12.8. The van der Waals surface area contributed by atoms with Crippen LogP contribution in [0.15, 0.2) is 54.6 Å². The standard InChI is InChI=1S/C23H16ClF2NO3/c1-29-9-10-30-20-8-7-15(13-27)21(22(20)26)16-11-17(19(25)12-18(16)24)23(28)14-5-3-2-4-6-14/h2-8,11-12H,9-10H2,1H3. The van der Waals surface area contributed by atoms with E-state index in [4.69, 9.17) is 21.1 Å². The Bertz CT molecular complexity index is 1130. The third-order valence-electron chi connectivity index (χ3n) is 4.38. The number of rotatable bonds is 7. The molecule has 0 spiro atoms. The number of halogens is 3. The molecule has 0 atom stereocenters. The summed E-state index contributed by atoms with van der Waals surface area (Å²) in [7, 11) is 1.48. The Balaban J connectivity index is 2.15. The fourth-order valence-electron chi connectivity index (χ4n) is 2.92. The molecule has 0 aliphatic carbocycles. The molecule has 0 aliphatic heterocycles. The molecule has 0 aromatic heterocycles. The van der Waals surface area contributed by atoms with Crippen LogP contribution in [-0.2, 0) is 4.74 Å². The molecule has 0 radical (unpaired) electrons. The first kappa shape index (κ1) is 21.4. The molecule has 3 rings (SSSR count). The van der Waals surface area contributed by atoms with E-state index in [2.05, 4.69) is 0 Å². The number of ketones is 1. The molecule has 0 fully saturated rings. The zero-order valence-electron chi connectivity index (χ0n) is 15.9. The van der Waals surface area contributed by atoms with Gasteiger partial charge in [0.1, 0.15) is 12.4 Å². The summed E-state index contributed by atoms with van der Waals surface area (Å²) in [5, 5.41) is 9.31. The highest BCUT2D eigenvalue weighted by atomic mass is 35.5. The molecule has 0 aliphatic rings. The van der Waals surface area contributed by atoms with Crippen molar-refractivity contribution < 1.29 is 23.0 Å². The van der Waals surface area contributed by atoms with Gasteiger partial charge in [-0.25, -0.2) is 8.78 Å². The third-order valence-corrected chi connectivity index (χ3v) is 4.69. The molecule has 152 valence electrons. The van der Waals surface area contributed by atoms with Gasteiger partial charge in [0.05, 0.1) is 28.8 Å². The Hall–Kier alpha value is -3.27. The summed E-state index contributed by atoms with van der Waals surface area (Å²) in [6.45, 7) is 0.329. The Morgan fingerprint density at radius 1 is 1.10 bits per heavy atom. The van der Waals surface area contributed by atoms with Gasteiger partial charge in [-0.15, -0.1) is 0 Å². The fourth-order valence-corrected chi connectivity index (χ4v) is 3.16. The lowest BCUT2D eigenvalue weighted by molar-refractivity contribution is 0.103. The van der Waals surface area contributed by atoms with Crippen molar-refractivity contribution in [3.05, 3.63) is 87.9 Å². The lowest BCUT2D eigenvalue weighted by Gasteiger charge is -2.14. The summed E-state index contributed by atoms with van der Waals surface area (Å²) in [5.41, 5.74) is -0.196. The molecule has 7 heteroatoms. The SMILES string of the molecule is COCCOc1ccc(C#N)c(-c2cc(C(=O)c3ccccc3)c(F)cc2Cl)c1F. The Morgan fingerprint density at radius 2 is 1.83 bits per heavy atom. The number of carbonyl (C=O) groups excluding carboxylic acids is 1. The zero-order valence-corrected chi connectivity index (χ0v) is 16.7. The normalized spacial score (nSPS) is 10.5. The third kappa shape index (κ3) is 4.33. The minimum Gasteiger partial charge on any atom is -0.488 e. The maximum atomic E-state index is 15.2. The maximum absolute atomic E-state index is 15.2. The molecule has 0 N–H and O–H groups in total. The van der Waals surface area contributed by atoms with Crippen molar-refractivity contribution in [3.8, 4) is 22.9 Å². The molecule has 0 bridgehead atoms. The summed E-state index contributed by atoms with van der Waals surface area (Å²) in [5.74, 6) is -2.38. The molecule has 3 aromatic carbocycles. The van der Waals surface area contributed by atoms with Crippen LogP contribution in [0.2, 0.25) is 5.02 Å². The number of benzene rings is 3. The van der Waals surface area contributed by atoms with Gasteiger partial charge in [-0.2, -0.15) is 5.26 Å². The van der Waals surface area contributed by atoms with Crippen LogP contribution in [0.1, 0.15) is 21.5 Å². The first-order valence-corrected chi connectivity index (χ1v) is 9.29. The van der Waals surface area contributed by atoms with E-state index < -0.39 is 17.4 Å². The number of carbonyl (C=O) groups is 1. The number of hydrogen-bond acceptors (Lipinski definition) is 4. The van der Waals surface area contributed by atoms with Crippen molar-refractivity contribution in [1.29, 1.82) is 5.26 Å². The van der Waals surface area contributed by atoms with Crippen LogP contribution in [0.25, 0.3) is 11.1 Å². The lowest BCUT2D eigenvalue weighted by Crippen LogP contribution is -2.07. The molecule has 30 heavy (non-hydrogen) atoms. The predicted molar refractivity (Wildman–Crippen MR) is 109 cm³/mol. The smallest absolute Gasteiger partial charge is 0.195 e. The second-order valence-electron chi connectivity index (χ2n) is 6.26. The van der Waals surface area contributed by atoms with Crippen LogP contribution in [-0.4, -0.2) is 26.1 Å². The number of hydrogen-bond donors (Lipinski definition) is 0. The number of methoxy groups -OCH3 is 1.